The van der Waals surface area contributed by atoms with Crippen LogP contribution in [-0.4, -0.2) is 29.5 Å². The van der Waals surface area contributed by atoms with Crippen LogP contribution in [0, 0.1) is 0 Å². The second-order valence-corrected chi connectivity index (χ2v) is 5.07. The van der Waals surface area contributed by atoms with Crippen molar-refractivity contribution in [2.45, 2.75) is 12.5 Å². The summed E-state index contributed by atoms with van der Waals surface area (Å²) >= 11 is 1.14. The fourth-order valence-corrected chi connectivity index (χ4v) is 2.44. The molecule has 0 radical (unpaired) electrons. The Labute approximate surface area is 110 Å². The lowest BCUT2D eigenvalue weighted by Gasteiger charge is -2.10. The van der Waals surface area contributed by atoms with Crippen molar-refractivity contribution in [3.8, 4) is 0 Å². The zero-order valence-corrected chi connectivity index (χ0v) is 10.6. The molecule has 18 heavy (non-hydrogen) atoms. The molecule has 1 atom stereocenters. The molecule has 6 heteroatoms. The van der Waals surface area contributed by atoms with Gasteiger partial charge in [0.2, 0.25) is 5.91 Å². The standard InChI is InChI=1S/C12H15N3O2S/c13-9-3-1-8(2-4-9)5-6-14-11(16)10-7-18-12(17)15-10/h1-4,10H,5-7,13H2,(H,14,16)(H,15,17)/t10-/m0/s1. The van der Waals surface area contributed by atoms with Crippen LogP contribution in [0.3, 0.4) is 0 Å². The maximum absolute atomic E-state index is 11.7. The van der Waals surface area contributed by atoms with Gasteiger partial charge in [-0.3, -0.25) is 9.59 Å². The number of hydrogen-bond acceptors (Lipinski definition) is 4. The molecule has 0 spiro atoms. The van der Waals surface area contributed by atoms with Gasteiger partial charge in [-0.1, -0.05) is 23.9 Å². The van der Waals surface area contributed by atoms with Gasteiger partial charge < -0.3 is 16.4 Å². The predicted molar refractivity (Wildman–Crippen MR) is 72.3 cm³/mol. The minimum atomic E-state index is -0.395. The van der Waals surface area contributed by atoms with Crippen molar-refractivity contribution in [2.75, 3.05) is 18.0 Å². The van der Waals surface area contributed by atoms with E-state index in [4.69, 9.17) is 5.73 Å². The maximum Gasteiger partial charge on any atom is 0.279 e. The first-order valence-electron chi connectivity index (χ1n) is 5.70. The average Bonchev–Trinajstić information content (AvgIpc) is 2.78. The van der Waals surface area contributed by atoms with Crippen LogP contribution < -0.4 is 16.4 Å². The van der Waals surface area contributed by atoms with Gasteiger partial charge in [0.25, 0.3) is 5.24 Å². The summed E-state index contributed by atoms with van der Waals surface area (Å²) < 4.78 is 0. The van der Waals surface area contributed by atoms with E-state index in [-0.39, 0.29) is 11.1 Å². The predicted octanol–water partition coefficient (Wildman–Crippen LogP) is 0.752. The molecule has 0 aliphatic carbocycles. The summed E-state index contributed by atoms with van der Waals surface area (Å²) in [6.07, 6.45) is 0.750. The lowest BCUT2D eigenvalue weighted by atomic mass is 10.1. The summed E-state index contributed by atoms with van der Waals surface area (Å²) in [4.78, 5) is 22.6. The number of benzene rings is 1. The molecule has 1 aliphatic rings. The van der Waals surface area contributed by atoms with Crippen LogP contribution in [0.5, 0.6) is 0 Å². The summed E-state index contributed by atoms with van der Waals surface area (Å²) in [5.74, 6) is 0.385. The third-order valence-corrected chi connectivity index (χ3v) is 3.56. The molecule has 1 aromatic carbocycles. The van der Waals surface area contributed by atoms with Gasteiger partial charge in [-0.15, -0.1) is 0 Å². The molecule has 4 N–H and O–H groups in total. The van der Waals surface area contributed by atoms with E-state index in [1.807, 2.05) is 24.3 Å². The quantitative estimate of drug-likeness (QED) is 0.701. The summed E-state index contributed by atoms with van der Waals surface area (Å²) in [6.45, 7) is 0.555. The van der Waals surface area contributed by atoms with Crippen molar-refractivity contribution in [3.05, 3.63) is 29.8 Å². The van der Waals surface area contributed by atoms with Crippen molar-refractivity contribution in [1.29, 1.82) is 0 Å². The van der Waals surface area contributed by atoms with E-state index in [1.165, 1.54) is 0 Å². The molecular weight excluding hydrogens is 250 g/mol. The molecule has 1 aromatic rings. The molecule has 1 heterocycles. The van der Waals surface area contributed by atoms with Gasteiger partial charge in [0.05, 0.1) is 0 Å². The Morgan fingerprint density at radius 1 is 1.44 bits per heavy atom. The maximum atomic E-state index is 11.7. The Morgan fingerprint density at radius 3 is 2.78 bits per heavy atom. The molecule has 1 aliphatic heterocycles. The van der Waals surface area contributed by atoms with Crippen molar-refractivity contribution in [2.24, 2.45) is 0 Å². The lowest BCUT2D eigenvalue weighted by molar-refractivity contribution is -0.122. The second-order valence-electron chi connectivity index (χ2n) is 4.08. The first-order chi connectivity index (χ1) is 8.65. The zero-order chi connectivity index (χ0) is 13.0. The SMILES string of the molecule is Nc1ccc(CCNC(=O)[C@@H]2CSC(=O)N2)cc1. The lowest BCUT2D eigenvalue weighted by Crippen LogP contribution is -2.43. The van der Waals surface area contributed by atoms with Crippen LogP contribution in [0.4, 0.5) is 10.5 Å². The zero-order valence-electron chi connectivity index (χ0n) is 9.81. The summed E-state index contributed by atoms with van der Waals surface area (Å²) in [5.41, 5.74) is 7.44. The molecule has 1 saturated heterocycles. The first kappa shape index (κ1) is 12.8. The number of amides is 2. The van der Waals surface area contributed by atoms with Crippen molar-refractivity contribution in [1.82, 2.24) is 10.6 Å². The first-order valence-corrected chi connectivity index (χ1v) is 6.69. The monoisotopic (exact) mass is 265 g/mol. The molecule has 2 rings (SSSR count). The number of nitrogens with two attached hydrogens (primary N) is 1. The van der Waals surface area contributed by atoms with E-state index in [0.29, 0.717) is 12.3 Å². The molecule has 5 nitrogen and oxygen atoms in total. The Hall–Kier alpha value is -1.69. The van der Waals surface area contributed by atoms with E-state index < -0.39 is 6.04 Å². The second kappa shape index (κ2) is 5.77. The number of anilines is 1. The fraction of sp³-hybridized carbons (Fsp3) is 0.333. The van der Waals surface area contributed by atoms with Crippen LogP contribution >= 0.6 is 11.8 Å². The third kappa shape index (κ3) is 3.40. The topological polar surface area (TPSA) is 84.2 Å². The Balaban J connectivity index is 1.73. The van der Waals surface area contributed by atoms with Crippen molar-refractivity contribution >= 4 is 28.6 Å². The van der Waals surface area contributed by atoms with Gasteiger partial charge in [-0.25, -0.2) is 0 Å². The van der Waals surface area contributed by atoms with Gasteiger partial charge in [-0.05, 0) is 24.1 Å². The summed E-state index contributed by atoms with van der Waals surface area (Å²) in [5, 5.41) is 5.28. The van der Waals surface area contributed by atoms with Gasteiger partial charge in [0.1, 0.15) is 6.04 Å². The highest BCUT2D eigenvalue weighted by molar-refractivity contribution is 8.14. The van der Waals surface area contributed by atoms with Crippen LogP contribution in [0.25, 0.3) is 0 Å². The number of hydrogen-bond donors (Lipinski definition) is 3. The highest BCUT2D eigenvalue weighted by atomic mass is 32.2. The minimum absolute atomic E-state index is 0.121. The smallest absolute Gasteiger partial charge is 0.279 e. The van der Waals surface area contributed by atoms with Crippen LogP contribution in [0.1, 0.15) is 5.56 Å². The largest absolute Gasteiger partial charge is 0.399 e. The molecule has 0 bridgehead atoms. The number of carbonyl (C=O) groups excluding carboxylic acids is 2. The molecule has 2 amide bonds. The molecule has 0 unspecified atom stereocenters. The summed E-state index contributed by atoms with van der Waals surface area (Å²) in [6, 6.07) is 7.16. The highest BCUT2D eigenvalue weighted by Crippen LogP contribution is 2.12. The van der Waals surface area contributed by atoms with Crippen LogP contribution in [-0.2, 0) is 11.2 Å². The third-order valence-electron chi connectivity index (χ3n) is 2.68. The number of nitrogens with one attached hydrogen (secondary N) is 2. The number of nitrogen functional groups attached to an aromatic ring is 1. The van der Waals surface area contributed by atoms with Gasteiger partial charge >= 0.3 is 0 Å². The normalized spacial score (nSPS) is 18.4. The van der Waals surface area contributed by atoms with Crippen molar-refractivity contribution < 1.29 is 9.59 Å². The minimum Gasteiger partial charge on any atom is -0.399 e. The fourth-order valence-electron chi connectivity index (χ4n) is 1.66. The van der Waals surface area contributed by atoms with E-state index in [0.717, 1.165) is 29.4 Å². The Kier molecular flexibility index (Phi) is 4.09. The molecular formula is C12H15N3O2S. The number of thioether (sulfide) groups is 1. The Morgan fingerprint density at radius 2 is 2.17 bits per heavy atom. The van der Waals surface area contributed by atoms with Gasteiger partial charge in [-0.2, -0.15) is 0 Å². The van der Waals surface area contributed by atoms with Crippen LogP contribution in [0.15, 0.2) is 24.3 Å². The van der Waals surface area contributed by atoms with E-state index in [2.05, 4.69) is 10.6 Å². The molecule has 96 valence electrons. The van der Waals surface area contributed by atoms with E-state index in [9.17, 15) is 9.59 Å². The highest BCUT2D eigenvalue weighted by Gasteiger charge is 2.27. The van der Waals surface area contributed by atoms with Gasteiger partial charge in [0.15, 0.2) is 0 Å². The summed E-state index contributed by atoms with van der Waals surface area (Å²) in [7, 11) is 0. The Bertz CT molecular complexity index is 447. The van der Waals surface area contributed by atoms with Gasteiger partial charge in [0, 0.05) is 18.0 Å². The number of rotatable bonds is 4. The number of carbonyl (C=O) groups is 2. The van der Waals surface area contributed by atoms with E-state index in [1.54, 1.807) is 0 Å². The molecule has 0 aromatic heterocycles. The van der Waals surface area contributed by atoms with Crippen LogP contribution in [0.2, 0.25) is 0 Å². The average molecular weight is 265 g/mol. The molecule has 1 fully saturated rings. The van der Waals surface area contributed by atoms with Crippen molar-refractivity contribution in [3.63, 3.8) is 0 Å². The van der Waals surface area contributed by atoms with E-state index >= 15 is 0 Å². The molecule has 0 saturated carbocycles.